The number of halogens is 2. The molecule has 0 aromatic heterocycles. The third kappa shape index (κ3) is 2.55. The maximum absolute atomic E-state index is 6.08. The van der Waals surface area contributed by atoms with E-state index in [1.54, 1.807) is 0 Å². The van der Waals surface area contributed by atoms with E-state index in [0.29, 0.717) is 12.2 Å². The van der Waals surface area contributed by atoms with Crippen molar-refractivity contribution in [1.29, 1.82) is 0 Å². The van der Waals surface area contributed by atoms with Crippen LogP contribution in [0, 0.1) is 0 Å². The van der Waals surface area contributed by atoms with Gasteiger partial charge in [0.15, 0.2) is 5.79 Å². The van der Waals surface area contributed by atoms with Crippen LogP contribution < -0.4 is 0 Å². The van der Waals surface area contributed by atoms with Gasteiger partial charge in [-0.3, -0.25) is 0 Å². The summed E-state index contributed by atoms with van der Waals surface area (Å²) in [6.07, 6.45) is 6.73. The molecule has 0 radical (unpaired) electrons. The van der Waals surface area contributed by atoms with Crippen molar-refractivity contribution in [2.75, 3.05) is 8.86 Å². The number of hydrogen-bond donors (Lipinski definition) is 0. The number of alkyl halides is 2. The highest BCUT2D eigenvalue weighted by atomic mass is 127. The van der Waals surface area contributed by atoms with E-state index in [1.165, 1.54) is 19.3 Å². The highest BCUT2D eigenvalue weighted by molar-refractivity contribution is 14.1. The van der Waals surface area contributed by atoms with E-state index in [-0.39, 0.29) is 5.79 Å². The van der Waals surface area contributed by atoms with Gasteiger partial charge >= 0.3 is 0 Å². The Morgan fingerprint density at radius 3 is 2.21 bits per heavy atom. The molecule has 2 rings (SSSR count). The van der Waals surface area contributed by atoms with E-state index in [1.807, 2.05) is 0 Å². The summed E-state index contributed by atoms with van der Waals surface area (Å²) in [6.45, 7) is 0. The molecule has 2 nitrogen and oxygen atoms in total. The van der Waals surface area contributed by atoms with Gasteiger partial charge in [-0.2, -0.15) is 0 Å². The Morgan fingerprint density at radius 1 is 1.00 bits per heavy atom. The standard InChI is InChI=1S/C10H16I2O2/c11-6-8-2-1-4-10(13-8)5-3-9(7-12)14-10/h8-9H,1-7H2/t8?,9-,10?/m1/s1. The molecule has 0 N–H and O–H groups in total. The smallest absolute Gasteiger partial charge is 0.169 e. The van der Waals surface area contributed by atoms with Crippen LogP contribution in [0.15, 0.2) is 0 Å². The van der Waals surface area contributed by atoms with Gasteiger partial charge in [0.2, 0.25) is 0 Å². The molecule has 0 aromatic rings. The summed E-state index contributed by atoms with van der Waals surface area (Å²) in [5.41, 5.74) is 0. The molecule has 2 aliphatic rings. The predicted molar refractivity (Wildman–Crippen MR) is 73.3 cm³/mol. The molecule has 0 amide bonds. The maximum Gasteiger partial charge on any atom is 0.169 e. The van der Waals surface area contributed by atoms with Gasteiger partial charge in [-0.15, -0.1) is 0 Å². The lowest BCUT2D eigenvalue weighted by atomic mass is 9.99. The molecule has 1 spiro atoms. The fourth-order valence-corrected chi connectivity index (χ4v) is 3.55. The van der Waals surface area contributed by atoms with Gasteiger partial charge in [0, 0.05) is 21.7 Å². The highest BCUT2D eigenvalue weighted by Gasteiger charge is 2.44. The molecular weight excluding hydrogens is 406 g/mol. The summed E-state index contributed by atoms with van der Waals surface area (Å²) in [6, 6.07) is 0. The molecule has 0 bridgehead atoms. The van der Waals surface area contributed by atoms with Gasteiger partial charge < -0.3 is 9.47 Å². The van der Waals surface area contributed by atoms with Crippen molar-refractivity contribution < 1.29 is 9.47 Å². The van der Waals surface area contributed by atoms with E-state index in [4.69, 9.17) is 9.47 Å². The normalized spacial score (nSPS) is 43.3. The van der Waals surface area contributed by atoms with Crippen LogP contribution in [0.4, 0.5) is 0 Å². The third-order valence-corrected chi connectivity index (χ3v) is 5.00. The van der Waals surface area contributed by atoms with E-state index < -0.39 is 0 Å². The second-order valence-corrected chi connectivity index (χ2v) is 5.89. The monoisotopic (exact) mass is 422 g/mol. The first-order valence-electron chi connectivity index (χ1n) is 5.25. The molecule has 2 aliphatic heterocycles. The maximum atomic E-state index is 6.08. The average molecular weight is 422 g/mol. The lowest BCUT2D eigenvalue weighted by Crippen LogP contribution is -2.41. The second kappa shape index (κ2) is 5.14. The van der Waals surface area contributed by atoms with Crippen LogP contribution in [-0.4, -0.2) is 26.9 Å². The zero-order chi connectivity index (χ0) is 10.0. The Balaban J connectivity index is 1.95. The molecule has 14 heavy (non-hydrogen) atoms. The SMILES string of the molecule is ICC1CCCC2(CC[C@H](CI)O2)O1. The number of ether oxygens (including phenoxy) is 2. The van der Waals surface area contributed by atoms with E-state index in [9.17, 15) is 0 Å². The first-order chi connectivity index (χ1) is 6.78. The average Bonchev–Trinajstić information content (AvgIpc) is 2.61. The summed E-state index contributed by atoms with van der Waals surface area (Å²) in [5.74, 6) is -0.191. The Labute approximate surface area is 113 Å². The molecular formula is C10H16I2O2. The highest BCUT2D eigenvalue weighted by Crippen LogP contribution is 2.41. The van der Waals surface area contributed by atoms with Gasteiger partial charge in [-0.1, -0.05) is 45.2 Å². The predicted octanol–water partition coefficient (Wildman–Crippen LogP) is 3.30. The third-order valence-electron chi connectivity index (χ3n) is 3.04. The molecule has 0 aromatic carbocycles. The molecule has 2 fully saturated rings. The quantitative estimate of drug-likeness (QED) is 0.503. The summed E-state index contributed by atoms with van der Waals surface area (Å²) in [5, 5.41) is 0. The number of hydrogen-bond acceptors (Lipinski definition) is 2. The summed E-state index contributed by atoms with van der Waals surface area (Å²) < 4.78 is 14.3. The fraction of sp³-hybridized carbons (Fsp3) is 1.00. The van der Waals surface area contributed by atoms with Crippen molar-refractivity contribution in [2.24, 2.45) is 0 Å². The van der Waals surface area contributed by atoms with E-state index >= 15 is 0 Å². The molecule has 4 heteroatoms. The fourth-order valence-electron chi connectivity index (χ4n) is 2.31. The van der Waals surface area contributed by atoms with Gasteiger partial charge in [-0.25, -0.2) is 0 Å². The minimum absolute atomic E-state index is 0.191. The lowest BCUT2D eigenvalue weighted by Gasteiger charge is -2.37. The zero-order valence-electron chi connectivity index (χ0n) is 8.18. The largest absolute Gasteiger partial charge is 0.346 e. The van der Waals surface area contributed by atoms with Gasteiger partial charge in [-0.05, 0) is 19.3 Å². The van der Waals surface area contributed by atoms with Crippen LogP contribution in [0.3, 0.4) is 0 Å². The van der Waals surface area contributed by atoms with Crippen molar-refractivity contribution in [2.45, 2.75) is 50.1 Å². The Bertz CT molecular complexity index is 201. The van der Waals surface area contributed by atoms with Crippen LogP contribution in [0.2, 0.25) is 0 Å². The molecule has 0 aliphatic carbocycles. The second-order valence-electron chi connectivity index (χ2n) is 4.13. The zero-order valence-corrected chi connectivity index (χ0v) is 12.5. The summed E-state index contributed by atoms with van der Waals surface area (Å²) in [4.78, 5) is 0. The van der Waals surface area contributed by atoms with Crippen molar-refractivity contribution in [3.8, 4) is 0 Å². The number of rotatable bonds is 2. The first kappa shape index (κ1) is 11.9. The van der Waals surface area contributed by atoms with Crippen LogP contribution in [0.25, 0.3) is 0 Å². The van der Waals surface area contributed by atoms with Crippen LogP contribution in [0.5, 0.6) is 0 Å². The van der Waals surface area contributed by atoms with Crippen LogP contribution in [0.1, 0.15) is 32.1 Å². The molecule has 0 saturated carbocycles. The minimum atomic E-state index is -0.191. The molecule has 2 unspecified atom stereocenters. The van der Waals surface area contributed by atoms with Crippen molar-refractivity contribution in [3.05, 3.63) is 0 Å². The molecule has 82 valence electrons. The van der Waals surface area contributed by atoms with Crippen LogP contribution in [-0.2, 0) is 9.47 Å². The van der Waals surface area contributed by atoms with Crippen LogP contribution >= 0.6 is 45.2 Å². The Hall–Kier alpha value is 1.38. The van der Waals surface area contributed by atoms with Crippen molar-refractivity contribution in [1.82, 2.24) is 0 Å². The first-order valence-corrected chi connectivity index (χ1v) is 8.31. The van der Waals surface area contributed by atoms with Gasteiger partial charge in [0.05, 0.1) is 12.2 Å². The van der Waals surface area contributed by atoms with Crippen molar-refractivity contribution >= 4 is 45.2 Å². The molecule has 3 atom stereocenters. The van der Waals surface area contributed by atoms with Gasteiger partial charge in [0.1, 0.15) is 0 Å². The van der Waals surface area contributed by atoms with Crippen molar-refractivity contribution in [3.63, 3.8) is 0 Å². The molecule has 2 heterocycles. The molecule has 2 saturated heterocycles. The minimum Gasteiger partial charge on any atom is -0.346 e. The topological polar surface area (TPSA) is 18.5 Å². The lowest BCUT2D eigenvalue weighted by molar-refractivity contribution is -0.262. The summed E-state index contributed by atoms with van der Waals surface area (Å²) in [7, 11) is 0. The van der Waals surface area contributed by atoms with Gasteiger partial charge in [0.25, 0.3) is 0 Å². The van der Waals surface area contributed by atoms with E-state index in [2.05, 4.69) is 45.2 Å². The summed E-state index contributed by atoms with van der Waals surface area (Å²) >= 11 is 4.81. The Kier molecular flexibility index (Phi) is 4.35. The van der Waals surface area contributed by atoms with E-state index in [0.717, 1.165) is 21.7 Å². The Morgan fingerprint density at radius 2 is 1.64 bits per heavy atom.